The molecule has 0 saturated carbocycles. The van der Waals surface area contributed by atoms with Crippen LogP contribution < -0.4 is 14.9 Å². The molecule has 1 atom stereocenters. The number of alkyl halides is 1. The van der Waals surface area contributed by atoms with Gasteiger partial charge in [-0.05, 0) is 103 Å². The van der Waals surface area contributed by atoms with Crippen LogP contribution in [0.1, 0.15) is 61.9 Å². The molecule has 2 aliphatic heterocycles. The van der Waals surface area contributed by atoms with Gasteiger partial charge >= 0.3 is 0 Å². The predicted octanol–water partition coefficient (Wildman–Crippen LogP) is 8.30. The van der Waals surface area contributed by atoms with Crippen LogP contribution in [0.5, 0.6) is 0 Å². The number of hydrogen-bond acceptors (Lipinski definition) is 11. The zero-order valence-electron chi connectivity index (χ0n) is 35.6. The van der Waals surface area contributed by atoms with Gasteiger partial charge in [0, 0.05) is 73.9 Å². The molecule has 18 heteroatoms. The van der Waals surface area contributed by atoms with E-state index in [0.717, 1.165) is 80.2 Å². The lowest BCUT2D eigenvalue weighted by Crippen LogP contribution is -2.47. The van der Waals surface area contributed by atoms with E-state index in [9.17, 15) is 23.3 Å². The third-order valence-corrected chi connectivity index (χ3v) is 14.2. The number of amides is 1. The van der Waals surface area contributed by atoms with Gasteiger partial charge in [-0.25, -0.2) is 27.5 Å². The number of rotatable bonds is 12. The molecular formula is C46H49ClFN9O6S. The number of fused-ring (bicyclic) bond motifs is 2. The fraction of sp³-hybridized carbons (Fsp3) is 0.370. The van der Waals surface area contributed by atoms with E-state index in [0.29, 0.717) is 35.4 Å². The number of nitro groups is 1. The number of sulfonamides is 1. The number of nitro benzene ring substituents is 1. The number of aromatic nitrogens is 4. The summed E-state index contributed by atoms with van der Waals surface area (Å²) in [6, 6.07) is 20.3. The summed E-state index contributed by atoms with van der Waals surface area (Å²) in [5, 5.41) is 19.6. The average molecular weight is 910 g/mol. The van der Waals surface area contributed by atoms with Crippen molar-refractivity contribution in [3.05, 3.63) is 117 Å². The molecule has 6 aromatic rings. The van der Waals surface area contributed by atoms with Crippen LogP contribution in [0.15, 0.2) is 95.7 Å². The van der Waals surface area contributed by atoms with Gasteiger partial charge in [-0.3, -0.25) is 29.6 Å². The molecule has 0 spiro atoms. The lowest BCUT2D eigenvalue weighted by atomic mass is 9.72. The second-order valence-corrected chi connectivity index (χ2v) is 19.9. The zero-order valence-corrected chi connectivity index (χ0v) is 37.1. The molecular weight excluding hydrogens is 861 g/mol. The van der Waals surface area contributed by atoms with Gasteiger partial charge in [0.2, 0.25) is 0 Å². The van der Waals surface area contributed by atoms with Crippen LogP contribution in [0.3, 0.4) is 0 Å². The van der Waals surface area contributed by atoms with Crippen molar-refractivity contribution in [2.45, 2.75) is 56.5 Å². The Balaban J connectivity index is 0.977. The monoisotopic (exact) mass is 909 g/mol. The Labute approximate surface area is 374 Å². The smallest absolute Gasteiger partial charge is 0.293 e. The second kappa shape index (κ2) is 17.3. The number of piperazine rings is 1. The highest BCUT2D eigenvalue weighted by Crippen LogP contribution is 2.43. The number of halogens is 2. The minimum atomic E-state index is -4.65. The highest BCUT2D eigenvalue weighted by atomic mass is 35.5. The van der Waals surface area contributed by atoms with Crippen molar-refractivity contribution in [1.29, 1.82) is 0 Å². The Kier molecular flexibility index (Phi) is 11.7. The highest BCUT2D eigenvalue weighted by Gasteiger charge is 2.34. The minimum absolute atomic E-state index is 0.0260. The first-order chi connectivity index (χ1) is 30.6. The maximum Gasteiger partial charge on any atom is 0.293 e. The summed E-state index contributed by atoms with van der Waals surface area (Å²) in [6.07, 6.45) is 7.24. The van der Waals surface area contributed by atoms with Crippen molar-refractivity contribution >= 4 is 72.2 Å². The van der Waals surface area contributed by atoms with E-state index in [-0.39, 0.29) is 36.2 Å². The number of pyridine rings is 1. The summed E-state index contributed by atoms with van der Waals surface area (Å²) in [4.78, 5) is 38.8. The van der Waals surface area contributed by atoms with Crippen LogP contribution in [-0.2, 0) is 14.8 Å². The fourth-order valence-electron chi connectivity index (χ4n) is 9.03. The van der Waals surface area contributed by atoms with E-state index in [2.05, 4.69) is 60.9 Å². The number of carbonyl (C=O) groups excluding carboxylic acids is 1. The molecule has 3 aliphatic rings. The van der Waals surface area contributed by atoms with Crippen molar-refractivity contribution < 1.29 is 27.3 Å². The summed E-state index contributed by atoms with van der Waals surface area (Å²) >= 11 is 6.25. The third kappa shape index (κ3) is 9.07. The van der Waals surface area contributed by atoms with E-state index in [1.54, 1.807) is 29.2 Å². The Morgan fingerprint density at radius 1 is 1.03 bits per heavy atom. The number of hydrogen-bond donors (Lipinski definition) is 3. The number of nitrogens with zero attached hydrogens (tertiary/aromatic N) is 6. The predicted molar refractivity (Wildman–Crippen MR) is 246 cm³/mol. The lowest BCUT2D eigenvalue weighted by molar-refractivity contribution is -0.384. The second-order valence-electron chi connectivity index (χ2n) is 17.8. The Bertz CT molecular complexity index is 2900. The molecule has 0 bridgehead atoms. The van der Waals surface area contributed by atoms with Crippen molar-refractivity contribution in [2.75, 3.05) is 62.7 Å². The topological polar surface area (TPSA) is 181 Å². The Morgan fingerprint density at radius 3 is 2.58 bits per heavy atom. The SMILES string of the molecule is CC1(C)CCC(CN2CCN(c3ccc(C(=O)NS(=O)(=O)c4ccc(NCC5(F)CCCOC5)c([N+](=O)[O-])c4)c(-n4[nH]cc5nc6nccc6cc54)c3)CC2)=C(c2ccc(Cl)cc2)C1. The molecule has 9 rings (SSSR count). The molecule has 1 unspecified atom stereocenters. The van der Waals surface area contributed by atoms with Gasteiger partial charge in [-0.2, -0.15) is 0 Å². The largest absolute Gasteiger partial charge is 0.378 e. The van der Waals surface area contributed by atoms with Gasteiger partial charge in [0.15, 0.2) is 11.3 Å². The summed E-state index contributed by atoms with van der Waals surface area (Å²) in [7, 11) is -4.65. The quantitative estimate of drug-likeness (QED) is 0.0794. The highest BCUT2D eigenvalue weighted by molar-refractivity contribution is 7.90. The van der Waals surface area contributed by atoms with Crippen molar-refractivity contribution in [2.24, 2.45) is 5.41 Å². The average Bonchev–Trinajstić information content (AvgIpc) is 3.92. The first-order valence-electron chi connectivity index (χ1n) is 21.4. The van der Waals surface area contributed by atoms with E-state index >= 15 is 4.39 Å². The van der Waals surface area contributed by atoms with E-state index < -0.39 is 37.1 Å². The number of nitrogens with one attached hydrogen (secondary N) is 3. The summed E-state index contributed by atoms with van der Waals surface area (Å²) in [5.74, 6) is -0.951. The van der Waals surface area contributed by atoms with Crippen LogP contribution in [0.25, 0.3) is 33.3 Å². The van der Waals surface area contributed by atoms with Gasteiger partial charge in [0.1, 0.15) is 11.2 Å². The molecule has 3 N–H and O–H groups in total. The number of aromatic amines is 1. The fourth-order valence-corrected chi connectivity index (χ4v) is 10.1. The summed E-state index contributed by atoms with van der Waals surface area (Å²) in [5.41, 5.74) is 4.92. The molecule has 64 heavy (non-hydrogen) atoms. The number of carbonyl (C=O) groups is 1. The van der Waals surface area contributed by atoms with Gasteiger partial charge in [0.05, 0.1) is 39.7 Å². The third-order valence-electron chi connectivity index (χ3n) is 12.6. The van der Waals surface area contributed by atoms with Gasteiger partial charge in [-0.1, -0.05) is 43.2 Å². The van der Waals surface area contributed by atoms with Crippen LogP contribution in [0, 0.1) is 15.5 Å². The van der Waals surface area contributed by atoms with Crippen molar-refractivity contribution in [1.82, 2.24) is 29.4 Å². The van der Waals surface area contributed by atoms with E-state index in [1.807, 2.05) is 30.3 Å². The lowest BCUT2D eigenvalue weighted by Gasteiger charge is -2.39. The summed E-state index contributed by atoms with van der Waals surface area (Å²) < 4.78 is 51.9. The molecule has 1 aliphatic carbocycles. The number of allylic oxidation sites excluding steroid dienone is 1. The first-order valence-corrected chi connectivity index (χ1v) is 23.3. The minimum Gasteiger partial charge on any atom is -0.378 e. The molecule has 1 amide bonds. The standard InChI is InChI=1S/C46H49ClFN9O6S/c1-45(2)15-12-32(37(25-45)30-4-6-33(47)7-5-30)27-54-17-19-55(20-18-54)34-8-10-36(40(23-34)56-41-22-31-13-16-49-43(31)52-39(41)26-51-56)44(58)53-64(61,62)35-9-11-38(42(24-35)57(59)60)50-28-46(48)14-3-21-63-29-46/h4-11,13,16,22-24,26,50-51H,3,12,14-15,17-21,25,27-29H2,1-2H3,(H,53,58). The van der Waals surface area contributed by atoms with Crippen LogP contribution in [-0.4, -0.2) is 102 Å². The summed E-state index contributed by atoms with van der Waals surface area (Å²) in [6.45, 7) is 8.61. The molecule has 0 radical (unpaired) electrons. The van der Waals surface area contributed by atoms with Crippen LogP contribution in [0.2, 0.25) is 5.02 Å². The molecule has 2 fully saturated rings. The number of benzene rings is 3. The van der Waals surface area contributed by atoms with E-state index in [1.165, 1.54) is 22.8 Å². The first kappa shape index (κ1) is 43.4. The maximum absolute atomic E-state index is 15.2. The van der Waals surface area contributed by atoms with Gasteiger partial charge in [0.25, 0.3) is 21.6 Å². The Hall–Kier alpha value is -5.88. The molecule has 2 saturated heterocycles. The van der Waals surface area contributed by atoms with Gasteiger partial charge in [-0.15, -0.1) is 0 Å². The Morgan fingerprint density at radius 2 is 1.83 bits per heavy atom. The van der Waals surface area contributed by atoms with E-state index in [4.69, 9.17) is 16.3 Å². The number of anilines is 2. The normalized spacial score (nSPS) is 19.6. The number of H-pyrrole nitrogens is 1. The van der Waals surface area contributed by atoms with Crippen LogP contribution in [0.4, 0.5) is 21.5 Å². The molecule has 3 aromatic heterocycles. The molecule has 334 valence electrons. The maximum atomic E-state index is 15.2. The van der Waals surface area contributed by atoms with Crippen LogP contribution >= 0.6 is 11.6 Å². The van der Waals surface area contributed by atoms with Crippen molar-refractivity contribution in [3.63, 3.8) is 0 Å². The molecule has 15 nitrogen and oxygen atoms in total. The zero-order chi connectivity index (χ0) is 44.8. The molecule has 3 aromatic carbocycles. The number of ether oxygens (including phenoxy) is 1. The van der Waals surface area contributed by atoms with Crippen molar-refractivity contribution in [3.8, 4) is 5.69 Å². The molecule has 5 heterocycles. The van der Waals surface area contributed by atoms with Gasteiger partial charge < -0.3 is 15.0 Å².